The normalized spacial score (nSPS) is 11.8. The number of aromatic nitrogens is 2. The first-order valence-corrected chi connectivity index (χ1v) is 13.5. The first-order valence-electron chi connectivity index (χ1n) is 11.5. The van der Waals surface area contributed by atoms with Crippen LogP contribution in [-0.2, 0) is 34.5 Å². The van der Waals surface area contributed by atoms with E-state index in [1.807, 2.05) is 0 Å². The molecule has 0 saturated heterocycles. The molecule has 0 radical (unpaired) electrons. The number of nitrogens with zero attached hydrogens (tertiary/aromatic N) is 4. The molecule has 0 spiro atoms. The fourth-order valence-electron chi connectivity index (χ4n) is 3.88. The molecule has 2 aromatic carbocycles. The third kappa shape index (κ3) is 5.95. The maximum absolute atomic E-state index is 15.1. The van der Waals surface area contributed by atoms with Crippen LogP contribution in [0.5, 0.6) is 0 Å². The van der Waals surface area contributed by atoms with Gasteiger partial charge in [-0.25, -0.2) is 26.5 Å². The van der Waals surface area contributed by atoms with Crippen LogP contribution in [0.15, 0.2) is 46.0 Å². The van der Waals surface area contributed by atoms with E-state index in [4.69, 9.17) is 11.6 Å². The monoisotopic (exact) mass is 600 g/mol. The summed E-state index contributed by atoms with van der Waals surface area (Å²) in [4.78, 5) is 38.6. The SMILES string of the molecule is CCS(=O)(=O)N(C(=O)CCc1ccc(Cl)c(C)c1)c1cc(-n2c(=O)cc(C(F)(F)F)n(C)c2=O)c(F)cc1C#N. The van der Waals surface area contributed by atoms with E-state index in [1.165, 1.54) is 6.92 Å². The minimum Gasteiger partial charge on any atom is -0.292 e. The summed E-state index contributed by atoms with van der Waals surface area (Å²) in [7, 11) is -3.75. The number of benzene rings is 2. The molecule has 0 atom stereocenters. The van der Waals surface area contributed by atoms with Crippen molar-refractivity contribution in [1.29, 1.82) is 5.26 Å². The molecular formula is C25H21ClF4N4O5S. The predicted molar refractivity (Wildman–Crippen MR) is 138 cm³/mol. The van der Waals surface area contributed by atoms with Crippen molar-refractivity contribution in [2.45, 2.75) is 32.9 Å². The Morgan fingerprint density at radius 2 is 1.80 bits per heavy atom. The summed E-state index contributed by atoms with van der Waals surface area (Å²) in [6, 6.07) is 7.65. The number of carbonyl (C=O) groups is 1. The van der Waals surface area contributed by atoms with Crippen LogP contribution >= 0.6 is 11.6 Å². The highest BCUT2D eigenvalue weighted by atomic mass is 35.5. The topological polar surface area (TPSA) is 122 Å². The number of rotatable bonds is 7. The summed E-state index contributed by atoms with van der Waals surface area (Å²) >= 11 is 6.01. The van der Waals surface area contributed by atoms with E-state index in [9.17, 15) is 41.2 Å². The van der Waals surface area contributed by atoms with Crippen LogP contribution in [0.1, 0.15) is 35.7 Å². The number of anilines is 1. The largest absolute Gasteiger partial charge is 0.431 e. The van der Waals surface area contributed by atoms with E-state index >= 15 is 4.39 Å². The van der Waals surface area contributed by atoms with Gasteiger partial charge in [0.05, 0.1) is 22.7 Å². The van der Waals surface area contributed by atoms with Gasteiger partial charge in [0.1, 0.15) is 17.6 Å². The summed E-state index contributed by atoms with van der Waals surface area (Å²) in [5.41, 5.74) is -5.67. The standard InChI is InChI=1S/C25H21ClF4N4O5S/c1-4-40(38,39)34(22(35)8-6-15-5-7-17(26)14(2)9-15)19-11-20(18(27)10-16(19)13-31)33-23(36)12-21(25(28,29)30)32(3)24(33)37/h5,7,9-12H,4,6,8H2,1-3H3. The van der Waals surface area contributed by atoms with Crippen molar-refractivity contribution in [2.24, 2.45) is 7.05 Å². The summed E-state index contributed by atoms with van der Waals surface area (Å²) < 4.78 is 81.3. The zero-order chi connectivity index (χ0) is 30.2. The Hall–Kier alpha value is -3.96. The van der Waals surface area contributed by atoms with E-state index in [-0.39, 0.29) is 32.3 Å². The molecule has 0 saturated carbocycles. The van der Waals surface area contributed by atoms with Crippen LogP contribution in [-0.4, -0.2) is 29.2 Å². The van der Waals surface area contributed by atoms with Crippen LogP contribution in [0.2, 0.25) is 5.02 Å². The van der Waals surface area contributed by atoms with Gasteiger partial charge in [0, 0.05) is 24.6 Å². The fraction of sp³-hybridized carbons (Fsp3) is 0.280. The van der Waals surface area contributed by atoms with E-state index in [1.54, 1.807) is 31.2 Å². The summed E-state index contributed by atoms with van der Waals surface area (Å²) in [5.74, 6) is -3.04. The zero-order valence-corrected chi connectivity index (χ0v) is 22.8. The number of aryl methyl sites for hydroxylation is 2. The lowest BCUT2D eigenvalue weighted by atomic mass is 10.1. The van der Waals surface area contributed by atoms with Crippen molar-refractivity contribution in [1.82, 2.24) is 9.13 Å². The van der Waals surface area contributed by atoms with Crippen LogP contribution < -0.4 is 15.6 Å². The van der Waals surface area contributed by atoms with Crippen LogP contribution in [0.25, 0.3) is 5.69 Å². The smallest absolute Gasteiger partial charge is 0.292 e. The second-order valence-corrected chi connectivity index (χ2v) is 11.1. The van der Waals surface area contributed by atoms with Gasteiger partial charge in [0.25, 0.3) is 5.56 Å². The van der Waals surface area contributed by atoms with Gasteiger partial charge in [-0.2, -0.15) is 18.4 Å². The van der Waals surface area contributed by atoms with Gasteiger partial charge in [-0.05, 0) is 49.6 Å². The van der Waals surface area contributed by atoms with Crippen LogP contribution in [0.3, 0.4) is 0 Å². The summed E-state index contributed by atoms with van der Waals surface area (Å²) in [6.07, 6.45) is -5.41. The molecule has 0 bridgehead atoms. The maximum atomic E-state index is 15.1. The number of sulfonamides is 1. The first-order chi connectivity index (χ1) is 18.5. The molecule has 0 fully saturated rings. The molecule has 0 unspecified atom stereocenters. The molecule has 3 rings (SSSR count). The number of nitriles is 1. The molecule has 1 heterocycles. The lowest BCUT2D eigenvalue weighted by Gasteiger charge is -2.24. The lowest BCUT2D eigenvalue weighted by molar-refractivity contribution is -0.144. The zero-order valence-electron chi connectivity index (χ0n) is 21.2. The van der Waals surface area contributed by atoms with Gasteiger partial charge in [-0.3, -0.25) is 14.2 Å². The highest BCUT2D eigenvalue weighted by Crippen LogP contribution is 2.30. The quantitative estimate of drug-likeness (QED) is 0.380. The van der Waals surface area contributed by atoms with Crippen LogP contribution in [0, 0.1) is 24.1 Å². The van der Waals surface area contributed by atoms with Crippen LogP contribution in [0.4, 0.5) is 23.2 Å². The average molecular weight is 601 g/mol. The highest BCUT2D eigenvalue weighted by molar-refractivity contribution is 7.93. The second-order valence-electron chi connectivity index (χ2n) is 8.62. The molecule has 1 amide bonds. The van der Waals surface area contributed by atoms with Crippen molar-refractivity contribution < 1.29 is 30.8 Å². The number of hydrogen-bond donors (Lipinski definition) is 0. The molecule has 15 heteroatoms. The number of alkyl halides is 3. The Labute approximate surface area is 230 Å². The number of hydrogen-bond acceptors (Lipinski definition) is 6. The molecule has 9 nitrogen and oxygen atoms in total. The molecule has 0 aliphatic carbocycles. The van der Waals surface area contributed by atoms with Gasteiger partial charge >= 0.3 is 11.9 Å². The van der Waals surface area contributed by atoms with E-state index in [0.717, 1.165) is 0 Å². The Morgan fingerprint density at radius 1 is 1.15 bits per heavy atom. The third-order valence-electron chi connectivity index (χ3n) is 5.98. The van der Waals surface area contributed by atoms with E-state index < -0.39 is 67.6 Å². The predicted octanol–water partition coefficient (Wildman–Crippen LogP) is 3.84. The van der Waals surface area contributed by atoms with E-state index in [2.05, 4.69) is 0 Å². The fourth-order valence-corrected chi connectivity index (χ4v) is 5.11. The Morgan fingerprint density at radius 3 is 2.35 bits per heavy atom. The Balaban J connectivity index is 2.21. The number of halogens is 5. The van der Waals surface area contributed by atoms with Gasteiger partial charge < -0.3 is 0 Å². The van der Waals surface area contributed by atoms with Crippen molar-refractivity contribution in [3.8, 4) is 11.8 Å². The molecule has 0 aliphatic heterocycles. The molecule has 0 aliphatic rings. The third-order valence-corrected chi connectivity index (χ3v) is 8.09. The van der Waals surface area contributed by atoms with Crippen molar-refractivity contribution in [2.75, 3.05) is 10.1 Å². The molecule has 212 valence electrons. The number of amides is 1. The second kappa shape index (κ2) is 11.3. The van der Waals surface area contributed by atoms with Crippen molar-refractivity contribution >= 4 is 33.2 Å². The Bertz CT molecular complexity index is 1780. The molecule has 1 aromatic heterocycles. The van der Waals surface area contributed by atoms with E-state index in [0.29, 0.717) is 35.3 Å². The highest BCUT2D eigenvalue weighted by Gasteiger charge is 2.36. The molecule has 0 N–H and O–H groups in total. The summed E-state index contributed by atoms with van der Waals surface area (Å²) in [6.45, 7) is 2.94. The van der Waals surface area contributed by atoms with Crippen molar-refractivity contribution in [3.05, 3.63) is 90.5 Å². The Kier molecular flexibility index (Phi) is 8.61. The maximum Gasteiger partial charge on any atom is 0.431 e. The minimum absolute atomic E-state index is 0.0485. The molecule has 3 aromatic rings. The van der Waals surface area contributed by atoms with Crippen molar-refractivity contribution in [3.63, 3.8) is 0 Å². The van der Waals surface area contributed by atoms with Gasteiger partial charge in [-0.1, -0.05) is 23.7 Å². The summed E-state index contributed by atoms with van der Waals surface area (Å²) in [5, 5.41) is 10.1. The lowest BCUT2D eigenvalue weighted by Crippen LogP contribution is -2.42. The molecular weight excluding hydrogens is 580 g/mol. The van der Waals surface area contributed by atoms with Gasteiger partial charge in [0.2, 0.25) is 15.9 Å². The number of carbonyl (C=O) groups excluding carboxylic acids is 1. The van der Waals surface area contributed by atoms with Gasteiger partial charge in [-0.15, -0.1) is 0 Å². The van der Waals surface area contributed by atoms with Gasteiger partial charge in [0.15, 0.2) is 0 Å². The average Bonchev–Trinajstić information content (AvgIpc) is 2.87. The minimum atomic E-state index is -5.08. The first kappa shape index (κ1) is 30.6. The molecule has 40 heavy (non-hydrogen) atoms.